The first-order valence-electron chi connectivity index (χ1n) is 6.49. The average molecular weight is 297 g/mol. The number of hydrogen-bond donors (Lipinski definition) is 1. The number of benzene rings is 1. The highest BCUT2D eigenvalue weighted by atomic mass is 79.9. The minimum absolute atomic E-state index is 0.750. The summed E-state index contributed by atoms with van der Waals surface area (Å²) in [5.74, 6) is 0. The van der Waals surface area contributed by atoms with Crippen molar-refractivity contribution in [2.24, 2.45) is 0 Å². The van der Waals surface area contributed by atoms with E-state index in [1.165, 1.54) is 36.0 Å². The van der Waals surface area contributed by atoms with E-state index in [9.17, 15) is 0 Å². The number of nitrogens with one attached hydrogen (secondary N) is 1. The highest BCUT2D eigenvalue weighted by Gasteiger charge is 2.19. The highest BCUT2D eigenvalue weighted by molar-refractivity contribution is 9.10. The van der Waals surface area contributed by atoms with Gasteiger partial charge in [0.15, 0.2) is 0 Å². The Kier molecular flexibility index (Phi) is 5.01. The number of nitrogens with zero attached hydrogens (tertiary/aromatic N) is 1. The zero-order valence-electron chi connectivity index (χ0n) is 10.5. The van der Waals surface area contributed by atoms with Gasteiger partial charge in [-0.3, -0.25) is 4.90 Å². The lowest BCUT2D eigenvalue weighted by Gasteiger charge is -2.34. The first kappa shape index (κ1) is 13.1. The second-order valence-electron chi connectivity index (χ2n) is 4.67. The third kappa shape index (κ3) is 3.80. The number of halogens is 1. The number of rotatable bonds is 4. The zero-order chi connectivity index (χ0) is 12.1. The topological polar surface area (TPSA) is 15.3 Å². The van der Waals surface area contributed by atoms with E-state index >= 15 is 0 Å². The standard InChI is InChI=1S/C14H21BrN2/c1-2-17(14-6-8-16-9-7-14)11-12-4-3-5-13(15)10-12/h3-5,10,14,16H,2,6-9,11H2,1H3. The Morgan fingerprint density at radius 2 is 2.12 bits per heavy atom. The monoisotopic (exact) mass is 296 g/mol. The maximum absolute atomic E-state index is 3.54. The molecule has 0 unspecified atom stereocenters. The lowest BCUT2D eigenvalue weighted by Crippen LogP contribution is -2.42. The molecule has 17 heavy (non-hydrogen) atoms. The van der Waals surface area contributed by atoms with Crippen molar-refractivity contribution >= 4 is 15.9 Å². The van der Waals surface area contributed by atoms with E-state index in [4.69, 9.17) is 0 Å². The van der Waals surface area contributed by atoms with Gasteiger partial charge in [0, 0.05) is 17.1 Å². The van der Waals surface area contributed by atoms with E-state index in [0.717, 1.165) is 19.1 Å². The molecule has 0 aromatic heterocycles. The Labute approximate surface area is 113 Å². The van der Waals surface area contributed by atoms with E-state index in [0.29, 0.717) is 0 Å². The summed E-state index contributed by atoms with van der Waals surface area (Å²) in [6.07, 6.45) is 2.56. The van der Waals surface area contributed by atoms with E-state index in [1.54, 1.807) is 0 Å². The molecule has 3 heteroatoms. The lowest BCUT2D eigenvalue weighted by atomic mass is 10.0. The van der Waals surface area contributed by atoms with E-state index in [2.05, 4.69) is 57.3 Å². The number of hydrogen-bond acceptors (Lipinski definition) is 2. The largest absolute Gasteiger partial charge is 0.317 e. The van der Waals surface area contributed by atoms with Crippen molar-refractivity contribution in [1.82, 2.24) is 10.2 Å². The SMILES string of the molecule is CCN(Cc1cccc(Br)c1)C1CCNCC1. The zero-order valence-corrected chi connectivity index (χ0v) is 12.0. The Morgan fingerprint density at radius 3 is 2.76 bits per heavy atom. The molecule has 0 spiro atoms. The Balaban J connectivity index is 1.98. The molecule has 0 aliphatic carbocycles. The van der Waals surface area contributed by atoms with Crippen LogP contribution in [0.3, 0.4) is 0 Å². The second kappa shape index (κ2) is 6.53. The molecule has 1 aromatic rings. The molecule has 2 rings (SSSR count). The second-order valence-corrected chi connectivity index (χ2v) is 5.59. The van der Waals surface area contributed by atoms with Gasteiger partial charge in [-0.1, -0.05) is 35.0 Å². The van der Waals surface area contributed by atoms with Gasteiger partial charge >= 0.3 is 0 Å². The maximum Gasteiger partial charge on any atom is 0.0236 e. The first-order valence-corrected chi connectivity index (χ1v) is 7.28. The predicted molar refractivity (Wildman–Crippen MR) is 76.1 cm³/mol. The van der Waals surface area contributed by atoms with Crippen molar-refractivity contribution in [2.75, 3.05) is 19.6 Å². The third-order valence-electron chi connectivity index (χ3n) is 3.51. The molecule has 2 nitrogen and oxygen atoms in total. The molecule has 0 saturated carbocycles. The molecule has 1 fully saturated rings. The summed E-state index contributed by atoms with van der Waals surface area (Å²) < 4.78 is 1.18. The van der Waals surface area contributed by atoms with Gasteiger partial charge in [0.2, 0.25) is 0 Å². The Hall–Kier alpha value is -0.380. The predicted octanol–water partition coefficient (Wildman–Crippen LogP) is 3.02. The smallest absolute Gasteiger partial charge is 0.0236 e. The van der Waals surface area contributed by atoms with Crippen LogP contribution in [0.5, 0.6) is 0 Å². The van der Waals surface area contributed by atoms with Crippen LogP contribution in [0.25, 0.3) is 0 Å². The minimum Gasteiger partial charge on any atom is -0.317 e. The summed E-state index contributed by atoms with van der Waals surface area (Å²) in [4.78, 5) is 2.60. The van der Waals surface area contributed by atoms with Crippen molar-refractivity contribution < 1.29 is 0 Å². The van der Waals surface area contributed by atoms with Crippen LogP contribution in [0, 0.1) is 0 Å². The maximum atomic E-state index is 3.54. The molecule has 1 heterocycles. The summed E-state index contributed by atoms with van der Waals surface area (Å²) in [5.41, 5.74) is 1.40. The number of piperidine rings is 1. The van der Waals surface area contributed by atoms with Gasteiger partial charge in [-0.15, -0.1) is 0 Å². The van der Waals surface area contributed by atoms with Crippen LogP contribution in [0.1, 0.15) is 25.3 Å². The third-order valence-corrected chi connectivity index (χ3v) is 4.00. The molecule has 94 valence electrons. The molecule has 0 radical (unpaired) electrons. The van der Waals surface area contributed by atoms with Crippen LogP contribution >= 0.6 is 15.9 Å². The summed E-state index contributed by atoms with van der Waals surface area (Å²) in [6.45, 7) is 6.80. The van der Waals surface area contributed by atoms with Crippen molar-refractivity contribution in [1.29, 1.82) is 0 Å². The van der Waals surface area contributed by atoms with Gasteiger partial charge in [-0.05, 0) is 50.2 Å². The molecular formula is C14H21BrN2. The Morgan fingerprint density at radius 1 is 1.35 bits per heavy atom. The molecule has 1 aromatic carbocycles. The fourth-order valence-electron chi connectivity index (χ4n) is 2.54. The summed E-state index contributed by atoms with van der Waals surface area (Å²) in [6, 6.07) is 9.40. The van der Waals surface area contributed by atoms with Crippen LogP contribution in [0.4, 0.5) is 0 Å². The van der Waals surface area contributed by atoms with E-state index in [1.807, 2.05) is 0 Å². The van der Waals surface area contributed by atoms with Crippen molar-refractivity contribution in [3.05, 3.63) is 34.3 Å². The van der Waals surface area contributed by atoms with Crippen LogP contribution in [-0.4, -0.2) is 30.6 Å². The van der Waals surface area contributed by atoms with Gasteiger partial charge in [0.1, 0.15) is 0 Å². The molecule has 0 atom stereocenters. The first-order chi connectivity index (χ1) is 8.29. The molecule has 1 N–H and O–H groups in total. The quantitative estimate of drug-likeness (QED) is 0.919. The molecule has 1 aliphatic heterocycles. The molecule has 1 aliphatic rings. The van der Waals surface area contributed by atoms with Crippen LogP contribution in [-0.2, 0) is 6.54 Å². The van der Waals surface area contributed by atoms with Gasteiger partial charge in [0.25, 0.3) is 0 Å². The summed E-state index contributed by atoms with van der Waals surface area (Å²) >= 11 is 3.54. The van der Waals surface area contributed by atoms with Gasteiger partial charge in [-0.25, -0.2) is 0 Å². The molecule has 0 amide bonds. The Bertz CT molecular complexity index is 348. The molecular weight excluding hydrogens is 276 g/mol. The van der Waals surface area contributed by atoms with Gasteiger partial charge < -0.3 is 5.32 Å². The fourth-order valence-corrected chi connectivity index (χ4v) is 2.99. The van der Waals surface area contributed by atoms with Crippen LogP contribution < -0.4 is 5.32 Å². The van der Waals surface area contributed by atoms with Gasteiger partial charge in [0.05, 0.1) is 0 Å². The summed E-state index contributed by atoms with van der Waals surface area (Å²) in [7, 11) is 0. The lowest BCUT2D eigenvalue weighted by molar-refractivity contribution is 0.162. The summed E-state index contributed by atoms with van der Waals surface area (Å²) in [5, 5.41) is 3.43. The normalized spacial score (nSPS) is 17.6. The van der Waals surface area contributed by atoms with Crippen molar-refractivity contribution in [3.63, 3.8) is 0 Å². The molecule has 1 saturated heterocycles. The van der Waals surface area contributed by atoms with Crippen LogP contribution in [0.15, 0.2) is 28.7 Å². The van der Waals surface area contributed by atoms with Crippen molar-refractivity contribution in [3.8, 4) is 0 Å². The van der Waals surface area contributed by atoms with Gasteiger partial charge in [-0.2, -0.15) is 0 Å². The van der Waals surface area contributed by atoms with Crippen LogP contribution in [0.2, 0.25) is 0 Å². The fraction of sp³-hybridized carbons (Fsp3) is 0.571. The average Bonchev–Trinajstić information content (AvgIpc) is 2.37. The van der Waals surface area contributed by atoms with E-state index < -0.39 is 0 Å². The minimum atomic E-state index is 0.750. The van der Waals surface area contributed by atoms with E-state index in [-0.39, 0.29) is 0 Å². The molecule has 0 bridgehead atoms. The highest BCUT2D eigenvalue weighted by Crippen LogP contribution is 2.17. The van der Waals surface area contributed by atoms with Crippen molar-refractivity contribution in [2.45, 2.75) is 32.4 Å².